The molecule has 2 aromatic heterocycles. The van der Waals surface area contributed by atoms with Crippen molar-refractivity contribution in [3.8, 4) is 17.1 Å². The van der Waals surface area contributed by atoms with Gasteiger partial charge in [-0.1, -0.05) is 12.1 Å². The van der Waals surface area contributed by atoms with E-state index in [-0.39, 0.29) is 5.75 Å². The number of nitrogens with zero attached hydrogens (tertiary/aromatic N) is 3. The highest BCUT2D eigenvalue weighted by Gasteiger charge is 2.15. The Labute approximate surface area is 112 Å². The number of nitrogens with two attached hydrogens (primary N) is 1. The molecule has 0 aliphatic heterocycles. The largest absolute Gasteiger partial charge is 0.434 e. The zero-order valence-corrected chi connectivity index (χ0v) is 10.2. The van der Waals surface area contributed by atoms with Crippen molar-refractivity contribution in [2.24, 2.45) is 0 Å². The molecular formula is C13H10F2N4O. The van der Waals surface area contributed by atoms with Crippen molar-refractivity contribution < 1.29 is 13.5 Å². The highest BCUT2D eigenvalue weighted by atomic mass is 19.3. The molecule has 3 aromatic rings. The Hall–Kier alpha value is -2.70. The molecule has 0 fully saturated rings. The number of hydrogen-bond donors (Lipinski definition) is 1. The van der Waals surface area contributed by atoms with E-state index in [0.717, 1.165) is 0 Å². The number of alkyl halides is 2. The zero-order valence-electron chi connectivity index (χ0n) is 10.2. The van der Waals surface area contributed by atoms with Crippen LogP contribution < -0.4 is 10.5 Å². The third kappa shape index (κ3) is 2.13. The molecule has 5 nitrogen and oxygen atoms in total. The zero-order chi connectivity index (χ0) is 14.1. The number of nitrogen functional groups attached to an aromatic ring is 1. The van der Waals surface area contributed by atoms with Crippen LogP contribution in [0.1, 0.15) is 0 Å². The van der Waals surface area contributed by atoms with Gasteiger partial charge in [0.2, 0.25) is 0 Å². The van der Waals surface area contributed by atoms with Gasteiger partial charge in [0.15, 0.2) is 11.5 Å². The first kappa shape index (κ1) is 12.3. The van der Waals surface area contributed by atoms with E-state index in [1.54, 1.807) is 40.9 Å². The topological polar surface area (TPSA) is 65.4 Å². The number of para-hydroxylation sites is 1. The maximum Gasteiger partial charge on any atom is 0.387 e. The number of rotatable bonds is 3. The molecule has 102 valence electrons. The van der Waals surface area contributed by atoms with Gasteiger partial charge in [-0.05, 0) is 24.3 Å². The Bertz CT molecular complexity index is 757. The van der Waals surface area contributed by atoms with Crippen LogP contribution >= 0.6 is 0 Å². The van der Waals surface area contributed by atoms with Gasteiger partial charge < -0.3 is 10.5 Å². The van der Waals surface area contributed by atoms with Gasteiger partial charge in [0.1, 0.15) is 5.75 Å². The summed E-state index contributed by atoms with van der Waals surface area (Å²) in [6.45, 7) is -2.90. The molecule has 0 aliphatic rings. The van der Waals surface area contributed by atoms with Crippen LogP contribution in [0.2, 0.25) is 0 Å². The number of benzene rings is 1. The van der Waals surface area contributed by atoms with Gasteiger partial charge in [-0.15, -0.1) is 10.2 Å². The molecule has 0 amide bonds. The minimum atomic E-state index is -2.90. The quantitative estimate of drug-likeness (QED) is 0.798. The van der Waals surface area contributed by atoms with Crippen molar-refractivity contribution in [1.29, 1.82) is 0 Å². The van der Waals surface area contributed by atoms with E-state index in [0.29, 0.717) is 22.7 Å². The van der Waals surface area contributed by atoms with Gasteiger partial charge in [0.05, 0.1) is 5.56 Å². The highest BCUT2D eigenvalue weighted by Crippen LogP contribution is 2.30. The first-order chi connectivity index (χ1) is 9.65. The highest BCUT2D eigenvalue weighted by molar-refractivity contribution is 5.67. The van der Waals surface area contributed by atoms with Crippen LogP contribution in [0.4, 0.5) is 14.5 Å². The smallest absolute Gasteiger partial charge is 0.387 e. The van der Waals surface area contributed by atoms with E-state index in [1.165, 1.54) is 6.07 Å². The van der Waals surface area contributed by atoms with Crippen LogP contribution in [0.15, 0.2) is 42.6 Å². The van der Waals surface area contributed by atoms with E-state index in [2.05, 4.69) is 14.9 Å². The van der Waals surface area contributed by atoms with E-state index >= 15 is 0 Å². The molecule has 0 radical (unpaired) electrons. The summed E-state index contributed by atoms with van der Waals surface area (Å²) in [7, 11) is 0. The maximum atomic E-state index is 12.4. The average Bonchev–Trinajstić information content (AvgIpc) is 2.81. The van der Waals surface area contributed by atoms with Crippen LogP contribution in [-0.4, -0.2) is 21.2 Å². The molecule has 0 atom stereocenters. The number of fused-ring (bicyclic) bond motifs is 1. The van der Waals surface area contributed by atoms with Crippen molar-refractivity contribution >= 4 is 11.3 Å². The van der Waals surface area contributed by atoms with Crippen molar-refractivity contribution in [2.75, 3.05) is 5.73 Å². The molecule has 0 unspecified atom stereocenters. The predicted octanol–water partition coefficient (Wildman–Crippen LogP) is 2.58. The fourth-order valence-corrected chi connectivity index (χ4v) is 1.94. The number of ether oxygens (including phenoxy) is 1. The fourth-order valence-electron chi connectivity index (χ4n) is 1.94. The summed E-state index contributed by atoms with van der Waals surface area (Å²) in [6.07, 6.45) is 1.63. The van der Waals surface area contributed by atoms with Crippen LogP contribution in [0.3, 0.4) is 0 Å². The minimum Gasteiger partial charge on any atom is -0.434 e. The summed E-state index contributed by atoms with van der Waals surface area (Å²) in [6, 6.07) is 9.80. The lowest BCUT2D eigenvalue weighted by atomic mass is 10.2. The van der Waals surface area contributed by atoms with Gasteiger partial charge in [-0.2, -0.15) is 8.78 Å². The second-order valence-electron chi connectivity index (χ2n) is 4.09. The van der Waals surface area contributed by atoms with Gasteiger partial charge in [-0.3, -0.25) is 4.40 Å². The third-order valence-electron chi connectivity index (χ3n) is 2.77. The first-order valence-corrected chi connectivity index (χ1v) is 5.79. The molecule has 3 rings (SSSR count). The van der Waals surface area contributed by atoms with E-state index in [1.807, 2.05) is 0 Å². The van der Waals surface area contributed by atoms with Gasteiger partial charge >= 0.3 is 6.61 Å². The Morgan fingerprint density at radius 1 is 1.10 bits per heavy atom. The molecule has 0 saturated heterocycles. The molecule has 0 aliphatic carbocycles. The number of anilines is 1. The molecule has 0 saturated carbocycles. The summed E-state index contributed by atoms with van der Waals surface area (Å²) in [5, 5.41) is 7.98. The number of pyridine rings is 1. The summed E-state index contributed by atoms with van der Waals surface area (Å²) in [5.41, 5.74) is 7.23. The van der Waals surface area contributed by atoms with Gasteiger partial charge in [0.25, 0.3) is 0 Å². The Morgan fingerprint density at radius 2 is 1.90 bits per heavy atom. The van der Waals surface area contributed by atoms with Gasteiger partial charge in [-0.25, -0.2) is 0 Å². The van der Waals surface area contributed by atoms with Crippen molar-refractivity contribution in [3.63, 3.8) is 0 Å². The minimum absolute atomic E-state index is 0.0409. The number of hydrogen-bond acceptors (Lipinski definition) is 4. The fraction of sp³-hybridized carbons (Fsp3) is 0.0769. The Morgan fingerprint density at radius 3 is 2.70 bits per heavy atom. The predicted molar refractivity (Wildman–Crippen MR) is 69.5 cm³/mol. The second-order valence-corrected chi connectivity index (χ2v) is 4.09. The molecule has 0 bridgehead atoms. The lowest BCUT2D eigenvalue weighted by Crippen LogP contribution is -2.04. The summed E-state index contributed by atoms with van der Waals surface area (Å²) >= 11 is 0. The molecule has 0 spiro atoms. The summed E-state index contributed by atoms with van der Waals surface area (Å²) in [5.74, 6) is 0.433. The van der Waals surface area contributed by atoms with Crippen LogP contribution in [0.5, 0.6) is 5.75 Å². The average molecular weight is 276 g/mol. The molecular weight excluding hydrogens is 266 g/mol. The van der Waals surface area contributed by atoms with E-state index in [4.69, 9.17) is 5.73 Å². The summed E-state index contributed by atoms with van der Waals surface area (Å²) in [4.78, 5) is 0. The molecule has 7 heteroatoms. The second kappa shape index (κ2) is 4.76. The van der Waals surface area contributed by atoms with Gasteiger partial charge in [0, 0.05) is 11.9 Å². The van der Waals surface area contributed by atoms with Crippen molar-refractivity contribution in [3.05, 3.63) is 42.6 Å². The third-order valence-corrected chi connectivity index (χ3v) is 2.77. The Kier molecular flexibility index (Phi) is 2.94. The van der Waals surface area contributed by atoms with E-state index in [9.17, 15) is 8.78 Å². The SMILES string of the molecule is Nc1ccc2nnc(-c3ccccc3OC(F)F)n2c1. The van der Waals surface area contributed by atoms with E-state index < -0.39 is 6.61 Å². The summed E-state index contributed by atoms with van der Waals surface area (Å²) < 4.78 is 31.0. The molecule has 2 N–H and O–H groups in total. The molecule has 2 heterocycles. The normalized spacial score (nSPS) is 11.2. The lowest BCUT2D eigenvalue weighted by molar-refractivity contribution is -0.0494. The van der Waals surface area contributed by atoms with Crippen molar-refractivity contribution in [2.45, 2.75) is 6.61 Å². The monoisotopic (exact) mass is 276 g/mol. The van der Waals surface area contributed by atoms with Crippen LogP contribution in [-0.2, 0) is 0 Å². The first-order valence-electron chi connectivity index (χ1n) is 5.79. The van der Waals surface area contributed by atoms with Crippen LogP contribution in [0.25, 0.3) is 17.0 Å². The maximum absolute atomic E-state index is 12.4. The number of halogens is 2. The molecule has 1 aromatic carbocycles. The standard InChI is InChI=1S/C13H10F2N4O/c14-13(15)20-10-4-2-1-3-9(10)12-18-17-11-6-5-8(16)7-19(11)12/h1-7,13H,16H2. The molecule has 20 heavy (non-hydrogen) atoms. The number of aromatic nitrogens is 3. The van der Waals surface area contributed by atoms with Crippen molar-refractivity contribution in [1.82, 2.24) is 14.6 Å². The lowest BCUT2D eigenvalue weighted by Gasteiger charge is -2.09. The van der Waals surface area contributed by atoms with Crippen LogP contribution in [0, 0.1) is 0 Å². The Balaban J connectivity index is 2.18.